The van der Waals surface area contributed by atoms with E-state index in [1.807, 2.05) is 6.92 Å². The fourth-order valence-electron chi connectivity index (χ4n) is 3.06. The van der Waals surface area contributed by atoms with Gasteiger partial charge in [-0.1, -0.05) is 42.8 Å². The fraction of sp³-hybridized carbons (Fsp3) is 0.435. The first kappa shape index (κ1) is 22.1. The van der Waals surface area contributed by atoms with Crippen LogP contribution in [0.4, 0.5) is 4.39 Å². The Kier molecular flexibility index (Phi) is 8.61. The Hall–Kier alpha value is -2.24. The van der Waals surface area contributed by atoms with E-state index in [1.54, 1.807) is 12.1 Å². The van der Waals surface area contributed by atoms with Gasteiger partial charge in [-0.2, -0.15) is 0 Å². The van der Waals surface area contributed by atoms with Gasteiger partial charge in [-0.25, -0.2) is 4.39 Å². The number of halogens is 1. The Morgan fingerprint density at radius 2 is 1.86 bits per heavy atom. The van der Waals surface area contributed by atoms with Crippen molar-refractivity contribution in [2.45, 2.75) is 52.8 Å². The molecule has 0 aliphatic carbocycles. The predicted molar refractivity (Wildman–Crippen MR) is 108 cm³/mol. The Bertz CT molecular complexity index is 761. The minimum atomic E-state index is -0.786. The predicted octanol–water partition coefficient (Wildman–Crippen LogP) is 4.15. The first-order chi connectivity index (χ1) is 13.4. The van der Waals surface area contributed by atoms with Crippen LogP contribution in [0.5, 0.6) is 0 Å². The number of hydrogen-bond acceptors (Lipinski definition) is 4. The van der Waals surface area contributed by atoms with Crippen molar-refractivity contribution >= 4 is 5.97 Å². The normalized spacial score (nSPS) is 12.2. The second-order valence-corrected chi connectivity index (χ2v) is 7.31. The minimum absolute atomic E-state index is 0.0223. The number of rotatable bonds is 10. The van der Waals surface area contributed by atoms with Crippen LogP contribution in [0, 0.1) is 19.7 Å². The van der Waals surface area contributed by atoms with E-state index in [-0.39, 0.29) is 18.4 Å². The molecule has 1 N–H and O–H groups in total. The van der Waals surface area contributed by atoms with Gasteiger partial charge >= 0.3 is 5.97 Å². The topological polar surface area (TPSA) is 49.8 Å². The van der Waals surface area contributed by atoms with Gasteiger partial charge in [-0.05, 0) is 49.1 Å². The van der Waals surface area contributed by atoms with Crippen LogP contribution in [0.15, 0.2) is 42.5 Å². The van der Waals surface area contributed by atoms with Crippen LogP contribution in [-0.2, 0) is 22.6 Å². The maximum Gasteiger partial charge on any atom is 0.305 e. The van der Waals surface area contributed by atoms with Gasteiger partial charge in [0.05, 0.1) is 0 Å². The summed E-state index contributed by atoms with van der Waals surface area (Å²) in [7, 11) is 0. The molecule has 28 heavy (non-hydrogen) atoms. The zero-order chi connectivity index (χ0) is 20.5. The van der Waals surface area contributed by atoms with Crippen LogP contribution in [-0.4, -0.2) is 35.2 Å². The monoisotopic (exact) mass is 387 g/mol. The molecule has 0 spiro atoms. The van der Waals surface area contributed by atoms with E-state index >= 15 is 0 Å². The highest BCUT2D eigenvalue weighted by atomic mass is 19.1. The highest BCUT2D eigenvalue weighted by molar-refractivity contribution is 5.69. The van der Waals surface area contributed by atoms with E-state index < -0.39 is 6.10 Å². The second-order valence-electron chi connectivity index (χ2n) is 7.31. The number of hydrogen-bond donors (Lipinski definition) is 1. The number of carbonyl (C=O) groups excluding carboxylic acids is 1. The van der Waals surface area contributed by atoms with Crippen molar-refractivity contribution in [2.75, 3.05) is 13.2 Å². The highest BCUT2D eigenvalue weighted by Crippen LogP contribution is 2.16. The summed E-state index contributed by atoms with van der Waals surface area (Å²) in [5.41, 5.74) is 4.49. The van der Waals surface area contributed by atoms with Gasteiger partial charge in [-0.3, -0.25) is 9.69 Å². The number of aryl methyl sites for hydroxylation is 2. The number of ether oxygens (including phenoxy) is 1. The summed E-state index contributed by atoms with van der Waals surface area (Å²) in [6.07, 6.45) is 0.290. The summed E-state index contributed by atoms with van der Waals surface area (Å²) in [6.45, 7) is 7.56. The second kappa shape index (κ2) is 10.9. The number of carbonyl (C=O) groups is 1. The third-order valence-electron chi connectivity index (χ3n) is 4.58. The van der Waals surface area contributed by atoms with Gasteiger partial charge in [0.15, 0.2) is 0 Å². The molecule has 0 radical (unpaired) electrons. The minimum Gasteiger partial charge on any atom is -0.463 e. The van der Waals surface area contributed by atoms with Crippen molar-refractivity contribution in [3.63, 3.8) is 0 Å². The third-order valence-corrected chi connectivity index (χ3v) is 4.58. The van der Waals surface area contributed by atoms with E-state index in [4.69, 9.17) is 4.74 Å². The maximum absolute atomic E-state index is 13.2. The van der Waals surface area contributed by atoms with Crippen molar-refractivity contribution < 1.29 is 19.0 Å². The molecule has 0 fully saturated rings. The average molecular weight is 387 g/mol. The molecule has 2 aromatic carbocycles. The molecule has 0 aliphatic heterocycles. The van der Waals surface area contributed by atoms with Crippen LogP contribution >= 0.6 is 0 Å². The summed E-state index contributed by atoms with van der Waals surface area (Å²) < 4.78 is 18.4. The van der Waals surface area contributed by atoms with E-state index in [0.717, 1.165) is 12.0 Å². The summed E-state index contributed by atoms with van der Waals surface area (Å²) in [6, 6.07) is 12.7. The molecule has 1 atom stereocenters. The molecule has 0 amide bonds. The molecule has 4 nitrogen and oxygen atoms in total. The van der Waals surface area contributed by atoms with Crippen molar-refractivity contribution in [1.82, 2.24) is 4.90 Å². The lowest BCUT2D eigenvalue weighted by atomic mass is 10.0. The molecule has 0 heterocycles. The molecule has 0 saturated carbocycles. The quantitative estimate of drug-likeness (QED) is 0.622. The van der Waals surface area contributed by atoms with Crippen LogP contribution in [0.2, 0.25) is 0 Å². The Balaban J connectivity index is 2.07. The zero-order valence-corrected chi connectivity index (χ0v) is 17.0. The average Bonchev–Trinajstić information content (AvgIpc) is 2.65. The number of benzene rings is 2. The van der Waals surface area contributed by atoms with E-state index in [1.165, 1.54) is 28.8 Å². The lowest BCUT2D eigenvalue weighted by Gasteiger charge is -2.26. The van der Waals surface area contributed by atoms with Crippen molar-refractivity contribution in [3.05, 3.63) is 70.5 Å². The van der Waals surface area contributed by atoms with Crippen molar-refractivity contribution in [2.24, 2.45) is 0 Å². The van der Waals surface area contributed by atoms with E-state index in [0.29, 0.717) is 26.1 Å². The van der Waals surface area contributed by atoms with Gasteiger partial charge in [0.2, 0.25) is 0 Å². The number of aliphatic hydroxyl groups is 1. The fourth-order valence-corrected chi connectivity index (χ4v) is 3.06. The molecular weight excluding hydrogens is 357 g/mol. The number of nitrogens with zero attached hydrogens (tertiary/aromatic N) is 1. The summed E-state index contributed by atoms with van der Waals surface area (Å²) >= 11 is 0. The Labute approximate surface area is 166 Å². The molecule has 1 unspecified atom stereocenters. The summed E-state index contributed by atoms with van der Waals surface area (Å²) in [5.74, 6) is -0.561. The van der Waals surface area contributed by atoms with E-state index in [2.05, 4.69) is 36.9 Å². The van der Waals surface area contributed by atoms with Crippen LogP contribution < -0.4 is 0 Å². The molecule has 0 aromatic heterocycles. The molecule has 2 rings (SSSR count). The van der Waals surface area contributed by atoms with Gasteiger partial charge in [-0.15, -0.1) is 0 Å². The first-order valence-corrected chi connectivity index (χ1v) is 9.74. The molecule has 0 saturated heterocycles. The Morgan fingerprint density at radius 1 is 1.14 bits per heavy atom. The standard InChI is InChI=1S/C23H30FNO3/c1-4-5-23(27)28-16-22(26)15-25(13-19-8-10-21(24)11-9-19)14-20-12-17(2)6-7-18(20)3/h6-12,22,26H,4-5,13-16H2,1-3H3. The van der Waals surface area contributed by atoms with Crippen molar-refractivity contribution in [3.8, 4) is 0 Å². The summed E-state index contributed by atoms with van der Waals surface area (Å²) in [5, 5.41) is 10.4. The maximum atomic E-state index is 13.2. The highest BCUT2D eigenvalue weighted by Gasteiger charge is 2.16. The first-order valence-electron chi connectivity index (χ1n) is 9.74. The van der Waals surface area contributed by atoms with Crippen LogP contribution in [0.1, 0.15) is 42.0 Å². The Morgan fingerprint density at radius 3 is 2.54 bits per heavy atom. The van der Waals surface area contributed by atoms with Gasteiger partial charge in [0, 0.05) is 26.1 Å². The van der Waals surface area contributed by atoms with Crippen LogP contribution in [0.3, 0.4) is 0 Å². The molecule has 2 aromatic rings. The van der Waals surface area contributed by atoms with Gasteiger partial charge in [0.1, 0.15) is 18.5 Å². The number of aliphatic hydroxyl groups excluding tert-OH is 1. The van der Waals surface area contributed by atoms with Gasteiger partial charge in [0.25, 0.3) is 0 Å². The smallest absolute Gasteiger partial charge is 0.305 e. The summed E-state index contributed by atoms with van der Waals surface area (Å²) in [4.78, 5) is 13.6. The SMILES string of the molecule is CCCC(=O)OCC(O)CN(Cc1ccc(F)cc1)Cc1cc(C)ccc1C. The van der Waals surface area contributed by atoms with Crippen LogP contribution in [0.25, 0.3) is 0 Å². The largest absolute Gasteiger partial charge is 0.463 e. The molecule has 5 heteroatoms. The number of esters is 1. The molecule has 0 bridgehead atoms. The van der Waals surface area contributed by atoms with Crippen molar-refractivity contribution in [1.29, 1.82) is 0 Å². The molecule has 152 valence electrons. The van der Waals surface area contributed by atoms with E-state index in [9.17, 15) is 14.3 Å². The lowest BCUT2D eigenvalue weighted by Crippen LogP contribution is -2.35. The molecular formula is C23H30FNO3. The third kappa shape index (κ3) is 7.41. The van der Waals surface area contributed by atoms with Gasteiger partial charge < -0.3 is 9.84 Å². The lowest BCUT2D eigenvalue weighted by molar-refractivity contribution is -0.147. The molecule has 0 aliphatic rings. The zero-order valence-electron chi connectivity index (χ0n) is 17.0.